The first-order valence-corrected chi connectivity index (χ1v) is 13.7. The van der Waals surface area contributed by atoms with Crippen molar-refractivity contribution in [2.45, 2.75) is 120 Å². The smallest absolute Gasteiger partial charge is 0.195 e. The van der Waals surface area contributed by atoms with Gasteiger partial charge in [-0.25, -0.2) is 0 Å². The molecule has 6 rings (SSSR count). The van der Waals surface area contributed by atoms with Gasteiger partial charge in [0.1, 0.15) is 11.2 Å². The largest absolute Gasteiger partial charge is 0.389 e. The van der Waals surface area contributed by atoms with Gasteiger partial charge in [0, 0.05) is 17.8 Å². The number of allylic oxidation sites excluding steroid dienone is 3. The average molecular weight is 503 g/mol. The van der Waals surface area contributed by atoms with Gasteiger partial charge in [-0.1, -0.05) is 26.0 Å². The number of carbonyl (C=O) groups excluding carboxylic acids is 1. The minimum Gasteiger partial charge on any atom is -0.389 e. The van der Waals surface area contributed by atoms with E-state index in [-0.39, 0.29) is 23.5 Å². The summed E-state index contributed by atoms with van der Waals surface area (Å²) < 4.78 is 12.2. The molecular formula is C29H42O7. The monoisotopic (exact) mass is 502 g/mol. The van der Waals surface area contributed by atoms with Crippen molar-refractivity contribution >= 4 is 5.78 Å². The first-order chi connectivity index (χ1) is 16.5. The third-order valence-corrected chi connectivity index (χ3v) is 12.6. The van der Waals surface area contributed by atoms with Gasteiger partial charge in [-0.15, -0.1) is 0 Å². The summed E-state index contributed by atoms with van der Waals surface area (Å²) in [6.45, 7) is 11.3. The van der Waals surface area contributed by atoms with Crippen molar-refractivity contribution in [2.24, 2.45) is 28.6 Å². The van der Waals surface area contributed by atoms with E-state index < -0.39 is 51.2 Å². The molecule has 12 unspecified atom stereocenters. The molecular weight excluding hydrogens is 460 g/mol. The maximum Gasteiger partial charge on any atom is 0.195 e. The van der Waals surface area contributed by atoms with Crippen molar-refractivity contribution in [1.82, 2.24) is 0 Å². The summed E-state index contributed by atoms with van der Waals surface area (Å²) in [7, 11) is 0. The van der Waals surface area contributed by atoms with Gasteiger partial charge in [-0.2, -0.15) is 0 Å². The second kappa shape index (κ2) is 6.91. The molecule has 7 heteroatoms. The standard InChI is InChI=1S/C29H42O7/c1-16(21-15-24(3)26(5,36-24)27(6,32)35-21)28(33)12-13-29(34)19-14-20(30)18-8-7-9-22(31)25(18,4)17(19)10-11-23(28,29)2/h7-9,16-17,19-21,30,32-34H,10-15H2,1-6H3. The number of fused-ring (bicyclic) bond motifs is 6. The molecule has 3 saturated carbocycles. The summed E-state index contributed by atoms with van der Waals surface area (Å²) in [6.07, 6.45) is 6.89. The number of hydrogen-bond acceptors (Lipinski definition) is 7. The molecule has 0 radical (unpaired) electrons. The van der Waals surface area contributed by atoms with Crippen LogP contribution in [0, 0.1) is 28.6 Å². The number of ether oxygens (including phenoxy) is 2. The molecule has 4 N–H and O–H groups in total. The molecule has 0 aromatic carbocycles. The number of hydrogen-bond donors (Lipinski definition) is 4. The Balaban J connectivity index is 1.35. The second-order valence-corrected chi connectivity index (χ2v) is 13.7. The van der Waals surface area contributed by atoms with E-state index >= 15 is 0 Å². The second-order valence-electron chi connectivity index (χ2n) is 13.7. The van der Waals surface area contributed by atoms with Gasteiger partial charge >= 0.3 is 0 Å². The normalized spacial score (nSPS) is 60.4. The Kier molecular flexibility index (Phi) is 4.84. The third-order valence-electron chi connectivity index (χ3n) is 12.6. The lowest BCUT2D eigenvalue weighted by Gasteiger charge is -2.63. The molecule has 36 heavy (non-hydrogen) atoms. The van der Waals surface area contributed by atoms with Crippen LogP contribution in [-0.4, -0.2) is 66.6 Å². The third kappa shape index (κ3) is 2.58. The fourth-order valence-electron chi connectivity index (χ4n) is 9.71. The van der Waals surface area contributed by atoms with E-state index in [0.29, 0.717) is 38.5 Å². The maximum absolute atomic E-state index is 13.2. The van der Waals surface area contributed by atoms with Gasteiger partial charge in [0.05, 0.1) is 28.8 Å². The molecule has 7 nitrogen and oxygen atoms in total. The van der Waals surface area contributed by atoms with Gasteiger partial charge in [-0.3, -0.25) is 4.79 Å². The van der Waals surface area contributed by atoms with E-state index in [1.54, 1.807) is 19.1 Å². The summed E-state index contributed by atoms with van der Waals surface area (Å²) >= 11 is 0. The first-order valence-electron chi connectivity index (χ1n) is 13.7. The highest BCUT2D eigenvalue weighted by molar-refractivity contribution is 5.99. The summed E-state index contributed by atoms with van der Waals surface area (Å²) in [5.74, 6) is -2.29. The average Bonchev–Trinajstić information content (AvgIpc) is 3.31. The van der Waals surface area contributed by atoms with E-state index in [1.165, 1.54) is 0 Å². The molecule has 0 amide bonds. The molecule has 2 aliphatic heterocycles. The number of carbonyl (C=O) groups is 1. The topological polar surface area (TPSA) is 120 Å². The van der Waals surface area contributed by atoms with Crippen molar-refractivity contribution in [2.75, 3.05) is 0 Å². The van der Waals surface area contributed by atoms with Crippen LogP contribution in [0.4, 0.5) is 0 Å². The van der Waals surface area contributed by atoms with Crippen molar-refractivity contribution < 1.29 is 34.7 Å². The lowest BCUT2D eigenvalue weighted by molar-refractivity contribution is -0.294. The fourth-order valence-corrected chi connectivity index (χ4v) is 9.71. The van der Waals surface area contributed by atoms with Crippen LogP contribution in [0.3, 0.4) is 0 Å². The van der Waals surface area contributed by atoms with Gasteiger partial charge in [0.2, 0.25) is 0 Å². The molecule has 0 aromatic heterocycles. The molecule has 5 fully saturated rings. The van der Waals surface area contributed by atoms with Crippen LogP contribution >= 0.6 is 0 Å². The number of epoxide rings is 1. The van der Waals surface area contributed by atoms with Crippen molar-refractivity contribution in [3.05, 3.63) is 23.8 Å². The minimum absolute atomic E-state index is 0.0128. The molecule has 2 heterocycles. The van der Waals surface area contributed by atoms with Crippen LogP contribution in [0.25, 0.3) is 0 Å². The summed E-state index contributed by atoms with van der Waals surface area (Å²) in [6, 6.07) is 0. The van der Waals surface area contributed by atoms with Crippen LogP contribution < -0.4 is 0 Å². The zero-order chi connectivity index (χ0) is 26.3. The zero-order valence-electron chi connectivity index (χ0n) is 22.4. The molecule has 200 valence electrons. The van der Waals surface area contributed by atoms with Crippen molar-refractivity contribution in [3.63, 3.8) is 0 Å². The summed E-state index contributed by atoms with van der Waals surface area (Å²) in [5, 5.41) is 47.2. The molecule has 0 spiro atoms. The number of rotatable bonds is 2. The Morgan fingerprint density at radius 3 is 2.39 bits per heavy atom. The zero-order valence-corrected chi connectivity index (χ0v) is 22.4. The van der Waals surface area contributed by atoms with E-state index in [9.17, 15) is 25.2 Å². The Hall–Kier alpha value is -1.09. The van der Waals surface area contributed by atoms with Crippen molar-refractivity contribution in [3.8, 4) is 0 Å². The number of aliphatic hydroxyl groups excluding tert-OH is 1. The molecule has 0 bridgehead atoms. The van der Waals surface area contributed by atoms with E-state index in [0.717, 1.165) is 5.57 Å². The van der Waals surface area contributed by atoms with Crippen LogP contribution in [-0.2, 0) is 14.3 Å². The molecule has 6 aliphatic rings. The van der Waals surface area contributed by atoms with E-state index in [4.69, 9.17) is 9.47 Å². The molecule has 2 saturated heterocycles. The highest BCUT2D eigenvalue weighted by Gasteiger charge is 2.79. The van der Waals surface area contributed by atoms with E-state index in [2.05, 4.69) is 0 Å². The van der Waals surface area contributed by atoms with Crippen LogP contribution in [0.15, 0.2) is 23.8 Å². The van der Waals surface area contributed by atoms with Crippen molar-refractivity contribution in [1.29, 1.82) is 0 Å². The fraction of sp³-hybridized carbons (Fsp3) is 0.828. The minimum atomic E-state index is -1.48. The van der Waals surface area contributed by atoms with Gasteiger partial charge in [0.25, 0.3) is 0 Å². The lowest BCUT2D eigenvalue weighted by Crippen LogP contribution is -2.68. The Labute approximate surface area is 213 Å². The molecule has 12 atom stereocenters. The molecule has 4 aliphatic carbocycles. The van der Waals surface area contributed by atoms with Crippen LogP contribution in [0.5, 0.6) is 0 Å². The highest BCUT2D eigenvalue weighted by Crippen LogP contribution is 2.71. The predicted octanol–water partition coefficient (Wildman–Crippen LogP) is 2.79. The quantitative estimate of drug-likeness (QED) is 0.429. The van der Waals surface area contributed by atoms with Crippen LogP contribution in [0.2, 0.25) is 0 Å². The Bertz CT molecular complexity index is 1080. The molecule has 0 aromatic rings. The first kappa shape index (κ1) is 25.2. The number of ketones is 1. The lowest BCUT2D eigenvalue weighted by atomic mass is 9.44. The van der Waals surface area contributed by atoms with Crippen LogP contribution in [0.1, 0.15) is 80.1 Å². The summed E-state index contributed by atoms with van der Waals surface area (Å²) in [5.41, 5.74) is -4.73. The van der Waals surface area contributed by atoms with Gasteiger partial charge < -0.3 is 29.9 Å². The van der Waals surface area contributed by atoms with Gasteiger partial charge in [0.15, 0.2) is 11.6 Å². The Morgan fingerprint density at radius 2 is 1.72 bits per heavy atom. The Morgan fingerprint density at radius 1 is 1.03 bits per heavy atom. The van der Waals surface area contributed by atoms with Gasteiger partial charge in [-0.05, 0) is 83.3 Å². The highest BCUT2D eigenvalue weighted by atomic mass is 16.7. The number of aliphatic hydroxyl groups is 4. The maximum atomic E-state index is 13.2. The van der Waals surface area contributed by atoms with E-state index in [1.807, 2.05) is 40.7 Å². The predicted molar refractivity (Wildman–Crippen MR) is 132 cm³/mol. The SMILES string of the molecule is CC(C1CC2(C)OC2(C)C(C)(O)O1)C1(O)CCC2(O)C3CC(O)C4=CC=CC(=O)C4(C)C3CCC12C. The summed E-state index contributed by atoms with van der Waals surface area (Å²) in [4.78, 5) is 13.2.